The Morgan fingerprint density at radius 1 is 1.00 bits per heavy atom. The molecule has 5 nitrogen and oxygen atoms in total. The molecule has 1 aliphatic heterocycles. The number of piperidine rings is 1. The maximum Gasteiger partial charge on any atom is 0.251 e. The minimum atomic E-state index is -0.0410. The van der Waals surface area contributed by atoms with Crippen molar-refractivity contribution in [3.8, 4) is 11.5 Å². The van der Waals surface area contributed by atoms with Gasteiger partial charge in [0.15, 0.2) is 0 Å². The molecule has 0 unspecified atom stereocenters. The molecule has 28 heavy (non-hydrogen) atoms. The van der Waals surface area contributed by atoms with Crippen molar-refractivity contribution in [1.82, 2.24) is 10.6 Å². The zero-order valence-electron chi connectivity index (χ0n) is 17.4. The highest BCUT2D eigenvalue weighted by atomic mass is 16.5. The van der Waals surface area contributed by atoms with Crippen LogP contribution in [0.25, 0.3) is 0 Å². The van der Waals surface area contributed by atoms with E-state index in [9.17, 15) is 4.79 Å². The predicted molar refractivity (Wildman–Crippen MR) is 114 cm³/mol. The van der Waals surface area contributed by atoms with Crippen LogP contribution in [0.15, 0.2) is 48.5 Å². The Balaban J connectivity index is 1.65. The summed E-state index contributed by atoms with van der Waals surface area (Å²) in [6.45, 7) is 8.73. The minimum absolute atomic E-state index is 0.00189. The maximum atomic E-state index is 12.7. The SMILES string of the molecule is CNc1ccccc1Oc1ccc(C(=O)NC2CC(C)(C)NC(C)(C)C2)cc1. The lowest BCUT2D eigenvalue weighted by molar-refractivity contribution is 0.0873. The molecule has 2 aromatic rings. The number of para-hydroxylation sites is 2. The van der Waals surface area contributed by atoms with Crippen molar-refractivity contribution in [2.24, 2.45) is 0 Å². The largest absolute Gasteiger partial charge is 0.455 e. The third-order valence-electron chi connectivity index (χ3n) is 5.03. The molecule has 150 valence electrons. The Bertz CT molecular complexity index is 812. The van der Waals surface area contributed by atoms with E-state index in [0.717, 1.165) is 24.3 Å². The third kappa shape index (κ3) is 5.04. The average Bonchev–Trinajstić information content (AvgIpc) is 2.60. The van der Waals surface area contributed by atoms with Crippen molar-refractivity contribution < 1.29 is 9.53 Å². The summed E-state index contributed by atoms with van der Waals surface area (Å²) in [5.74, 6) is 1.41. The average molecular weight is 382 g/mol. The van der Waals surface area contributed by atoms with E-state index in [4.69, 9.17) is 4.74 Å². The van der Waals surface area contributed by atoms with Crippen molar-refractivity contribution in [1.29, 1.82) is 0 Å². The maximum absolute atomic E-state index is 12.7. The zero-order chi connectivity index (χ0) is 20.4. The van der Waals surface area contributed by atoms with Gasteiger partial charge in [-0.2, -0.15) is 0 Å². The molecule has 1 amide bonds. The van der Waals surface area contributed by atoms with Crippen molar-refractivity contribution in [2.75, 3.05) is 12.4 Å². The Morgan fingerprint density at radius 3 is 2.21 bits per heavy atom. The number of amides is 1. The van der Waals surface area contributed by atoms with Crippen molar-refractivity contribution >= 4 is 11.6 Å². The normalized spacial score (nSPS) is 18.3. The number of nitrogens with one attached hydrogen (secondary N) is 3. The molecule has 3 N–H and O–H groups in total. The molecule has 0 aromatic heterocycles. The first-order valence-electron chi connectivity index (χ1n) is 9.82. The molecule has 0 bridgehead atoms. The summed E-state index contributed by atoms with van der Waals surface area (Å²) in [5.41, 5.74) is 1.56. The summed E-state index contributed by atoms with van der Waals surface area (Å²) < 4.78 is 5.94. The number of anilines is 1. The molecule has 5 heteroatoms. The number of hydrogen-bond acceptors (Lipinski definition) is 4. The first kappa shape index (κ1) is 20.2. The van der Waals surface area contributed by atoms with Crippen LogP contribution in [-0.2, 0) is 0 Å². The Hall–Kier alpha value is -2.53. The molecule has 1 saturated heterocycles. The molecule has 0 atom stereocenters. The summed E-state index contributed by atoms with van der Waals surface area (Å²) in [7, 11) is 1.86. The van der Waals surface area contributed by atoms with Crippen LogP contribution in [-0.4, -0.2) is 30.1 Å². The van der Waals surface area contributed by atoms with E-state index in [2.05, 4.69) is 43.6 Å². The van der Waals surface area contributed by atoms with Gasteiger partial charge in [-0.15, -0.1) is 0 Å². The van der Waals surface area contributed by atoms with Crippen LogP contribution in [0.1, 0.15) is 50.9 Å². The molecule has 0 radical (unpaired) electrons. The number of rotatable bonds is 5. The number of benzene rings is 2. The smallest absolute Gasteiger partial charge is 0.251 e. The van der Waals surface area contributed by atoms with Crippen LogP contribution in [0.2, 0.25) is 0 Å². The summed E-state index contributed by atoms with van der Waals surface area (Å²) in [6, 6.07) is 15.2. The van der Waals surface area contributed by atoms with Gasteiger partial charge in [-0.1, -0.05) is 12.1 Å². The van der Waals surface area contributed by atoms with E-state index in [1.807, 2.05) is 55.6 Å². The van der Waals surface area contributed by atoms with Crippen LogP contribution in [0.3, 0.4) is 0 Å². The molecule has 0 saturated carbocycles. The van der Waals surface area contributed by atoms with E-state index >= 15 is 0 Å². The second kappa shape index (κ2) is 7.84. The van der Waals surface area contributed by atoms with Gasteiger partial charge in [0.05, 0.1) is 5.69 Å². The van der Waals surface area contributed by atoms with Crippen LogP contribution in [0, 0.1) is 0 Å². The molecular weight excluding hydrogens is 350 g/mol. The standard InChI is InChI=1S/C23H31N3O2/c1-22(2)14-17(15-23(3,4)26-22)25-21(27)16-10-12-18(13-11-16)28-20-9-7-6-8-19(20)24-5/h6-13,17,24,26H,14-15H2,1-5H3,(H,25,27). The Kier molecular flexibility index (Phi) is 5.66. The van der Waals surface area contributed by atoms with E-state index in [1.165, 1.54) is 0 Å². The first-order valence-corrected chi connectivity index (χ1v) is 9.82. The van der Waals surface area contributed by atoms with Crippen molar-refractivity contribution in [2.45, 2.75) is 57.7 Å². The summed E-state index contributed by atoms with van der Waals surface area (Å²) in [4.78, 5) is 12.7. The van der Waals surface area contributed by atoms with Gasteiger partial charge in [0.1, 0.15) is 11.5 Å². The van der Waals surface area contributed by atoms with E-state index in [-0.39, 0.29) is 23.0 Å². The second-order valence-corrected chi connectivity index (χ2v) is 8.84. The fourth-order valence-corrected chi connectivity index (χ4v) is 4.26. The van der Waals surface area contributed by atoms with E-state index in [1.54, 1.807) is 0 Å². The molecule has 0 aliphatic carbocycles. The highest BCUT2D eigenvalue weighted by Gasteiger charge is 2.38. The van der Waals surface area contributed by atoms with Crippen LogP contribution in [0.5, 0.6) is 11.5 Å². The molecule has 2 aromatic carbocycles. The molecule has 3 rings (SSSR count). The molecule has 1 heterocycles. The lowest BCUT2D eigenvalue weighted by Gasteiger charge is -2.46. The molecular formula is C23H31N3O2. The van der Waals surface area contributed by atoms with E-state index < -0.39 is 0 Å². The number of hydrogen-bond donors (Lipinski definition) is 3. The summed E-state index contributed by atoms with van der Waals surface area (Å²) in [5, 5.41) is 9.96. The molecule has 0 spiro atoms. The van der Waals surface area contributed by atoms with Gasteiger partial charge < -0.3 is 20.7 Å². The topological polar surface area (TPSA) is 62.4 Å². The fourth-order valence-electron chi connectivity index (χ4n) is 4.26. The quantitative estimate of drug-likeness (QED) is 0.710. The fraction of sp³-hybridized carbons (Fsp3) is 0.435. The number of carbonyl (C=O) groups is 1. The van der Waals surface area contributed by atoms with Gasteiger partial charge in [0.2, 0.25) is 0 Å². The molecule has 1 fully saturated rings. The predicted octanol–water partition coefficient (Wildman–Crippen LogP) is 4.56. The highest BCUT2D eigenvalue weighted by Crippen LogP contribution is 2.30. The zero-order valence-corrected chi connectivity index (χ0v) is 17.4. The van der Waals surface area contributed by atoms with Crippen LogP contribution in [0.4, 0.5) is 5.69 Å². The number of ether oxygens (including phenoxy) is 1. The summed E-state index contributed by atoms with van der Waals surface area (Å²) >= 11 is 0. The Morgan fingerprint density at radius 2 is 1.61 bits per heavy atom. The van der Waals surface area contributed by atoms with Crippen molar-refractivity contribution in [3.05, 3.63) is 54.1 Å². The van der Waals surface area contributed by atoms with Crippen molar-refractivity contribution in [3.63, 3.8) is 0 Å². The number of carbonyl (C=O) groups excluding carboxylic acids is 1. The van der Waals surface area contributed by atoms with E-state index in [0.29, 0.717) is 11.3 Å². The highest BCUT2D eigenvalue weighted by molar-refractivity contribution is 5.94. The van der Waals surface area contributed by atoms with Gasteiger partial charge in [0, 0.05) is 29.7 Å². The third-order valence-corrected chi connectivity index (χ3v) is 5.03. The van der Waals surface area contributed by atoms with Gasteiger partial charge in [-0.25, -0.2) is 0 Å². The lowest BCUT2D eigenvalue weighted by Crippen LogP contribution is -2.62. The van der Waals surface area contributed by atoms with Crippen LogP contribution < -0.4 is 20.7 Å². The Labute approximate surface area is 167 Å². The monoisotopic (exact) mass is 381 g/mol. The van der Waals surface area contributed by atoms with Crippen LogP contribution >= 0.6 is 0 Å². The second-order valence-electron chi connectivity index (χ2n) is 8.84. The van der Waals surface area contributed by atoms with Gasteiger partial charge in [0.25, 0.3) is 5.91 Å². The summed E-state index contributed by atoms with van der Waals surface area (Å²) in [6.07, 6.45) is 1.81. The van der Waals surface area contributed by atoms with Gasteiger partial charge in [-0.3, -0.25) is 4.79 Å². The minimum Gasteiger partial charge on any atom is -0.455 e. The van der Waals surface area contributed by atoms with Gasteiger partial charge in [-0.05, 0) is 76.9 Å². The van der Waals surface area contributed by atoms with Gasteiger partial charge >= 0.3 is 0 Å². The lowest BCUT2D eigenvalue weighted by atomic mass is 9.79. The molecule has 1 aliphatic rings. The first-order chi connectivity index (χ1) is 13.2.